The van der Waals surface area contributed by atoms with E-state index in [1.807, 2.05) is 0 Å². The van der Waals surface area contributed by atoms with Gasteiger partial charge in [-0.05, 0) is 37.0 Å². The summed E-state index contributed by atoms with van der Waals surface area (Å²) < 4.78 is 5.21. The van der Waals surface area contributed by atoms with Gasteiger partial charge in [-0.3, -0.25) is 4.90 Å². The summed E-state index contributed by atoms with van der Waals surface area (Å²) in [7, 11) is 1.71. The summed E-state index contributed by atoms with van der Waals surface area (Å²) in [6.07, 6.45) is 3.56. The molecule has 2 rings (SSSR count). The molecular weight excluding hydrogens is 248 g/mol. The molecule has 0 bridgehead atoms. The smallest absolute Gasteiger partial charge is 0.118 e. The SMILES string of the molecule is CCC1(CC)CNCCN1CCc1ccc(OC)cc1. The molecule has 112 valence electrons. The van der Waals surface area contributed by atoms with Crippen LogP contribution in [0.1, 0.15) is 32.3 Å². The van der Waals surface area contributed by atoms with E-state index in [4.69, 9.17) is 4.74 Å². The second kappa shape index (κ2) is 7.09. The second-order valence-electron chi connectivity index (χ2n) is 5.69. The zero-order valence-corrected chi connectivity index (χ0v) is 13.1. The van der Waals surface area contributed by atoms with Crippen molar-refractivity contribution in [2.75, 3.05) is 33.3 Å². The molecule has 0 amide bonds. The van der Waals surface area contributed by atoms with Crippen molar-refractivity contribution >= 4 is 0 Å². The van der Waals surface area contributed by atoms with Crippen molar-refractivity contribution in [1.82, 2.24) is 10.2 Å². The lowest BCUT2D eigenvalue weighted by Gasteiger charge is -2.47. The average Bonchev–Trinajstić information content (AvgIpc) is 2.53. The van der Waals surface area contributed by atoms with Crippen molar-refractivity contribution in [3.8, 4) is 5.75 Å². The van der Waals surface area contributed by atoms with Gasteiger partial charge in [0.25, 0.3) is 0 Å². The van der Waals surface area contributed by atoms with Crippen LogP contribution in [0.4, 0.5) is 0 Å². The van der Waals surface area contributed by atoms with Gasteiger partial charge in [-0.2, -0.15) is 0 Å². The Bertz CT molecular complexity index is 398. The predicted molar refractivity (Wildman–Crippen MR) is 84.5 cm³/mol. The molecule has 0 saturated carbocycles. The molecule has 1 fully saturated rings. The van der Waals surface area contributed by atoms with Crippen LogP contribution in [-0.4, -0.2) is 43.7 Å². The normalized spacial score (nSPS) is 18.9. The van der Waals surface area contributed by atoms with Gasteiger partial charge in [0.2, 0.25) is 0 Å². The molecule has 1 N–H and O–H groups in total. The number of nitrogens with one attached hydrogen (secondary N) is 1. The predicted octanol–water partition coefficient (Wildman–Crippen LogP) is 2.70. The summed E-state index contributed by atoms with van der Waals surface area (Å²) in [5, 5.41) is 3.56. The molecule has 1 heterocycles. The lowest BCUT2D eigenvalue weighted by atomic mass is 9.88. The Morgan fingerprint density at radius 1 is 1.20 bits per heavy atom. The summed E-state index contributed by atoms with van der Waals surface area (Å²) in [6, 6.07) is 8.47. The van der Waals surface area contributed by atoms with E-state index < -0.39 is 0 Å². The van der Waals surface area contributed by atoms with Crippen LogP contribution in [0.25, 0.3) is 0 Å². The van der Waals surface area contributed by atoms with Crippen LogP contribution in [0.3, 0.4) is 0 Å². The van der Waals surface area contributed by atoms with Gasteiger partial charge < -0.3 is 10.1 Å². The van der Waals surface area contributed by atoms with E-state index in [1.54, 1.807) is 7.11 Å². The first kappa shape index (κ1) is 15.3. The first-order valence-electron chi connectivity index (χ1n) is 7.83. The van der Waals surface area contributed by atoms with Crippen molar-refractivity contribution in [3.63, 3.8) is 0 Å². The van der Waals surface area contributed by atoms with E-state index in [2.05, 4.69) is 48.3 Å². The fraction of sp³-hybridized carbons (Fsp3) is 0.647. The van der Waals surface area contributed by atoms with Crippen molar-refractivity contribution < 1.29 is 4.74 Å². The summed E-state index contributed by atoms with van der Waals surface area (Å²) >= 11 is 0. The number of hydrogen-bond donors (Lipinski definition) is 1. The zero-order valence-electron chi connectivity index (χ0n) is 13.1. The molecule has 0 aromatic heterocycles. The first-order valence-corrected chi connectivity index (χ1v) is 7.83. The van der Waals surface area contributed by atoms with Gasteiger partial charge in [0.1, 0.15) is 5.75 Å². The Balaban J connectivity index is 1.96. The van der Waals surface area contributed by atoms with Crippen molar-refractivity contribution in [2.45, 2.75) is 38.6 Å². The minimum absolute atomic E-state index is 0.352. The molecule has 1 aromatic rings. The molecule has 0 unspecified atom stereocenters. The highest BCUT2D eigenvalue weighted by Gasteiger charge is 2.34. The van der Waals surface area contributed by atoms with Gasteiger partial charge in [0, 0.05) is 31.7 Å². The number of ether oxygens (including phenoxy) is 1. The van der Waals surface area contributed by atoms with Gasteiger partial charge in [-0.25, -0.2) is 0 Å². The quantitative estimate of drug-likeness (QED) is 0.864. The maximum atomic E-state index is 5.21. The van der Waals surface area contributed by atoms with Crippen molar-refractivity contribution in [3.05, 3.63) is 29.8 Å². The standard InChI is InChI=1S/C17H28N2O/c1-4-17(5-2)14-18-11-13-19(17)12-10-15-6-8-16(20-3)9-7-15/h6-9,18H,4-5,10-14H2,1-3H3. The molecule has 0 atom stereocenters. The van der Waals surface area contributed by atoms with Crippen molar-refractivity contribution in [1.29, 1.82) is 0 Å². The van der Waals surface area contributed by atoms with Crippen LogP contribution in [0.5, 0.6) is 5.75 Å². The number of methoxy groups -OCH3 is 1. The van der Waals surface area contributed by atoms with E-state index in [-0.39, 0.29) is 0 Å². The van der Waals surface area contributed by atoms with Gasteiger partial charge >= 0.3 is 0 Å². The molecule has 0 spiro atoms. The van der Waals surface area contributed by atoms with E-state index in [1.165, 1.54) is 18.4 Å². The van der Waals surface area contributed by atoms with Gasteiger partial charge in [-0.15, -0.1) is 0 Å². The monoisotopic (exact) mass is 276 g/mol. The number of nitrogens with zero attached hydrogens (tertiary/aromatic N) is 1. The number of benzene rings is 1. The molecule has 20 heavy (non-hydrogen) atoms. The topological polar surface area (TPSA) is 24.5 Å². The molecule has 3 nitrogen and oxygen atoms in total. The fourth-order valence-corrected chi connectivity index (χ4v) is 3.24. The second-order valence-corrected chi connectivity index (χ2v) is 5.69. The molecule has 1 aliphatic heterocycles. The van der Waals surface area contributed by atoms with Crippen LogP contribution in [-0.2, 0) is 6.42 Å². The van der Waals surface area contributed by atoms with E-state index in [0.717, 1.165) is 38.3 Å². The Morgan fingerprint density at radius 2 is 1.90 bits per heavy atom. The van der Waals surface area contributed by atoms with E-state index in [9.17, 15) is 0 Å². The number of rotatable bonds is 6. The highest BCUT2D eigenvalue weighted by Crippen LogP contribution is 2.25. The summed E-state index contributed by atoms with van der Waals surface area (Å²) in [5.74, 6) is 0.937. The van der Waals surface area contributed by atoms with Gasteiger partial charge in [-0.1, -0.05) is 26.0 Å². The van der Waals surface area contributed by atoms with E-state index in [0.29, 0.717) is 5.54 Å². The lowest BCUT2D eigenvalue weighted by Crippen LogP contribution is -2.61. The number of hydrogen-bond acceptors (Lipinski definition) is 3. The Hall–Kier alpha value is -1.06. The summed E-state index contributed by atoms with van der Waals surface area (Å²) in [4.78, 5) is 2.69. The highest BCUT2D eigenvalue weighted by atomic mass is 16.5. The minimum atomic E-state index is 0.352. The summed E-state index contributed by atoms with van der Waals surface area (Å²) in [5.41, 5.74) is 1.75. The van der Waals surface area contributed by atoms with Gasteiger partial charge in [0.15, 0.2) is 0 Å². The third kappa shape index (κ3) is 3.33. The Morgan fingerprint density at radius 3 is 2.50 bits per heavy atom. The Kier molecular flexibility index (Phi) is 5.44. The molecule has 3 heteroatoms. The molecule has 1 saturated heterocycles. The highest BCUT2D eigenvalue weighted by molar-refractivity contribution is 5.27. The van der Waals surface area contributed by atoms with Crippen LogP contribution in [0.2, 0.25) is 0 Å². The van der Waals surface area contributed by atoms with Crippen LogP contribution in [0.15, 0.2) is 24.3 Å². The molecule has 0 aliphatic carbocycles. The number of piperazine rings is 1. The lowest BCUT2D eigenvalue weighted by molar-refractivity contribution is 0.0533. The van der Waals surface area contributed by atoms with Gasteiger partial charge in [0.05, 0.1) is 7.11 Å². The maximum absolute atomic E-state index is 5.21. The van der Waals surface area contributed by atoms with Crippen LogP contribution in [0, 0.1) is 0 Å². The maximum Gasteiger partial charge on any atom is 0.118 e. The average molecular weight is 276 g/mol. The van der Waals surface area contributed by atoms with Crippen LogP contribution < -0.4 is 10.1 Å². The largest absolute Gasteiger partial charge is 0.497 e. The third-order valence-electron chi connectivity index (χ3n) is 4.83. The van der Waals surface area contributed by atoms with E-state index >= 15 is 0 Å². The third-order valence-corrected chi connectivity index (χ3v) is 4.83. The molecule has 0 radical (unpaired) electrons. The van der Waals surface area contributed by atoms with Crippen LogP contribution >= 0.6 is 0 Å². The zero-order chi connectivity index (χ0) is 14.4. The molecule has 1 aliphatic rings. The summed E-state index contributed by atoms with van der Waals surface area (Å²) in [6.45, 7) is 9.19. The Labute approximate surface area is 123 Å². The molecule has 1 aromatic carbocycles. The minimum Gasteiger partial charge on any atom is -0.497 e. The first-order chi connectivity index (χ1) is 9.74. The van der Waals surface area contributed by atoms with Crippen molar-refractivity contribution in [2.24, 2.45) is 0 Å². The molecular formula is C17H28N2O. The fourth-order valence-electron chi connectivity index (χ4n) is 3.24.